The van der Waals surface area contributed by atoms with Crippen molar-refractivity contribution in [3.63, 3.8) is 0 Å². The number of piperazine rings is 1. The van der Waals surface area contributed by atoms with Gasteiger partial charge in [0.25, 0.3) is 5.56 Å². The molecule has 202 valence electrons. The molecule has 1 amide bonds. The van der Waals surface area contributed by atoms with Crippen LogP contribution in [0.1, 0.15) is 24.1 Å². The van der Waals surface area contributed by atoms with Crippen LogP contribution >= 0.6 is 0 Å². The van der Waals surface area contributed by atoms with E-state index in [1.807, 2.05) is 29.2 Å². The van der Waals surface area contributed by atoms with Crippen LogP contribution in [0, 0.1) is 18.2 Å². The molecule has 0 spiro atoms. The third-order valence-corrected chi connectivity index (χ3v) is 7.54. The maximum atomic E-state index is 15.1. The molecule has 4 aromatic rings. The van der Waals surface area contributed by atoms with E-state index in [1.165, 1.54) is 10.6 Å². The highest BCUT2D eigenvalue weighted by Gasteiger charge is 2.34. The Morgan fingerprint density at radius 2 is 1.98 bits per heavy atom. The molecule has 2 aromatic heterocycles. The summed E-state index contributed by atoms with van der Waals surface area (Å²) in [5, 5.41) is 6.92. The van der Waals surface area contributed by atoms with Gasteiger partial charge in [-0.1, -0.05) is 24.1 Å². The van der Waals surface area contributed by atoms with Crippen molar-refractivity contribution in [3.05, 3.63) is 82.0 Å². The number of carbonyl (C=O) groups is 1. The quantitative estimate of drug-likeness (QED) is 0.386. The van der Waals surface area contributed by atoms with E-state index in [0.29, 0.717) is 29.7 Å². The minimum absolute atomic E-state index is 0.117. The molecule has 2 atom stereocenters. The summed E-state index contributed by atoms with van der Waals surface area (Å²) in [6.45, 7) is 4.30. The summed E-state index contributed by atoms with van der Waals surface area (Å²) in [4.78, 5) is 39.5. The summed E-state index contributed by atoms with van der Waals surface area (Å²) in [7, 11) is 1.69. The van der Waals surface area contributed by atoms with E-state index in [0.717, 1.165) is 24.3 Å². The lowest BCUT2D eigenvalue weighted by atomic mass is 9.97. The van der Waals surface area contributed by atoms with Crippen molar-refractivity contribution in [1.29, 1.82) is 0 Å². The van der Waals surface area contributed by atoms with Crippen LogP contribution in [0.5, 0.6) is 0 Å². The summed E-state index contributed by atoms with van der Waals surface area (Å²) in [6, 6.07) is 13.5. The highest BCUT2D eigenvalue weighted by Crippen LogP contribution is 2.33. The molecule has 6 rings (SSSR count). The number of rotatable bonds is 4. The first-order valence-corrected chi connectivity index (χ1v) is 13.1. The van der Waals surface area contributed by atoms with Crippen LogP contribution in [0.25, 0.3) is 11.0 Å². The first-order chi connectivity index (χ1) is 19.3. The third-order valence-electron chi connectivity index (χ3n) is 7.54. The second-order valence-corrected chi connectivity index (χ2v) is 10.2. The number of aromatic nitrogens is 3. The lowest BCUT2D eigenvalue weighted by Gasteiger charge is -2.33. The normalized spacial score (nSPS) is 18.9. The molecule has 40 heavy (non-hydrogen) atoms. The molecule has 1 saturated heterocycles. The molecule has 0 aliphatic carbocycles. The molecular formula is C30H28FN7O2. The topological polar surface area (TPSA) is 95.4 Å². The zero-order valence-corrected chi connectivity index (χ0v) is 22.2. The van der Waals surface area contributed by atoms with Gasteiger partial charge in [-0.25, -0.2) is 9.37 Å². The second kappa shape index (κ2) is 10.1. The Morgan fingerprint density at radius 3 is 2.75 bits per heavy atom. The van der Waals surface area contributed by atoms with Crippen molar-refractivity contribution >= 4 is 40.0 Å². The van der Waals surface area contributed by atoms with Crippen LogP contribution in [0.3, 0.4) is 0 Å². The van der Waals surface area contributed by atoms with Crippen molar-refractivity contribution < 1.29 is 9.18 Å². The number of terminal acetylenes is 1. The predicted octanol–water partition coefficient (Wildman–Crippen LogP) is 3.21. The van der Waals surface area contributed by atoms with Gasteiger partial charge in [0.2, 0.25) is 11.9 Å². The van der Waals surface area contributed by atoms with E-state index in [1.54, 1.807) is 36.3 Å². The summed E-state index contributed by atoms with van der Waals surface area (Å²) in [5.74, 6) is 1.99. The smallest absolute Gasteiger partial charge is 0.268 e. The van der Waals surface area contributed by atoms with Gasteiger partial charge in [0.1, 0.15) is 17.5 Å². The number of pyridine rings is 1. The number of amides is 1. The molecule has 0 bridgehead atoms. The van der Waals surface area contributed by atoms with Crippen molar-refractivity contribution in [2.45, 2.75) is 25.4 Å². The summed E-state index contributed by atoms with van der Waals surface area (Å²) in [6.07, 6.45) is 7.50. The molecule has 2 N–H and O–H groups in total. The average Bonchev–Trinajstić information content (AvgIpc) is 2.95. The molecule has 2 unspecified atom stereocenters. The number of fused-ring (bicyclic) bond motifs is 2. The molecule has 2 aromatic carbocycles. The fourth-order valence-electron chi connectivity index (χ4n) is 5.54. The fourth-order valence-corrected chi connectivity index (χ4v) is 5.54. The largest absolute Gasteiger partial charge is 0.366 e. The Bertz CT molecular complexity index is 1740. The molecule has 4 heterocycles. The minimum Gasteiger partial charge on any atom is -0.366 e. The summed E-state index contributed by atoms with van der Waals surface area (Å²) >= 11 is 0. The molecule has 1 fully saturated rings. The number of carbonyl (C=O) groups excluding carboxylic acids is 1. The standard InChI is InChI=1S/C30H28FN7O2/c1-4-19-13-21-16-33-30(34-22-9-10-25(23(31)15-22)37-12-11-32-18(2)17-37)35-27(21)38(28(19)39)26-14-20-7-5-6-8-24(20)36(3)29(26)40/h1,5-10,13,15-16,18,26,32H,11-12,14,17H2,2-3H3,(H,33,34,35). The molecule has 10 heteroatoms. The van der Waals surface area contributed by atoms with Gasteiger partial charge in [0.05, 0.1) is 11.3 Å². The monoisotopic (exact) mass is 537 g/mol. The van der Waals surface area contributed by atoms with E-state index in [4.69, 9.17) is 6.42 Å². The second-order valence-electron chi connectivity index (χ2n) is 10.2. The van der Waals surface area contributed by atoms with Gasteiger partial charge in [0, 0.05) is 62.1 Å². The first kappa shape index (κ1) is 25.5. The first-order valence-electron chi connectivity index (χ1n) is 13.1. The van der Waals surface area contributed by atoms with Crippen LogP contribution in [0.15, 0.2) is 59.5 Å². The summed E-state index contributed by atoms with van der Waals surface area (Å²) in [5.41, 5.74) is 2.63. The molecule has 0 radical (unpaired) electrons. The van der Waals surface area contributed by atoms with E-state index in [2.05, 4.69) is 33.4 Å². The molecule has 9 nitrogen and oxygen atoms in total. The maximum Gasteiger partial charge on any atom is 0.268 e. The lowest BCUT2D eigenvalue weighted by Crippen LogP contribution is -2.49. The Balaban J connectivity index is 1.38. The van der Waals surface area contributed by atoms with Gasteiger partial charge in [-0.15, -0.1) is 6.42 Å². The van der Waals surface area contributed by atoms with Crippen molar-refractivity contribution in [2.24, 2.45) is 0 Å². The average molecular weight is 538 g/mol. The highest BCUT2D eigenvalue weighted by molar-refractivity contribution is 5.99. The van der Waals surface area contributed by atoms with Crippen LogP contribution in [-0.2, 0) is 11.2 Å². The van der Waals surface area contributed by atoms with E-state index < -0.39 is 11.6 Å². The van der Waals surface area contributed by atoms with Gasteiger partial charge >= 0.3 is 0 Å². The Labute approximate surface area is 230 Å². The molecule has 0 saturated carbocycles. The molecule has 2 aliphatic heterocycles. The molecular weight excluding hydrogens is 509 g/mol. The number of halogens is 1. The van der Waals surface area contributed by atoms with Crippen molar-refractivity contribution in [3.8, 4) is 12.3 Å². The lowest BCUT2D eigenvalue weighted by molar-refractivity contribution is -0.121. The van der Waals surface area contributed by atoms with Crippen LogP contribution in [0.2, 0.25) is 0 Å². The van der Waals surface area contributed by atoms with Crippen LogP contribution in [-0.4, -0.2) is 53.2 Å². The number of nitrogens with zero attached hydrogens (tertiary/aromatic N) is 5. The highest BCUT2D eigenvalue weighted by atomic mass is 19.1. The summed E-state index contributed by atoms with van der Waals surface area (Å²) < 4.78 is 16.5. The van der Waals surface area contributed by atoms with Crippen molar-refractivity contribution in [1.82, 2.24) is 19.9 Å². The molecule has 2 aliphatic rings. The zero-order valence-electron chi connectivity index (χ0n) is 22.2. The van der Waals surface area contributed by atoms with Crippen LogP contribution in [0.4, 0.5) is 27.4 Å². The number of nitrogens with one attached hydrogen (secondary N) is 2. The van der Waals surface area contributed by atoms with E-state index in [-0.39, 0.29) is 34.9 Å². The predicted molar refractivity (Wildman–Crippen MR) is 154 cm³/mol. The number of anilines is 4. The van der Waals surface area contributed by atoms with Gasteiger partial charge in [-0.2, -0.15) is 4.98 Å². The van der Waals surface area contributed by atoms with Crippen molar-refractivity contribution in [2.75, 3.05) is 41.8 Å². The maximum absolute atomic E-state index is 15.1. The Kier molecular flexibility index (Phi) is 6.44. The number of likely N-dealkylation sites (N-methyl/N-ethyl adjacent to an activating group) is 1. The fraction of sp³-hybridized carbons (Fsp3) is 0.267. The number of benzene rings is 2. The van der Waals surface area contributed by atoms with Gasteiger partial charge in [-0.05, 0) is 42.8 Å². The van der Waals surface area contributed by atoms with Gasteiger partial charge in [0.15, 0.2) is 0 Å². The minimum atomic E-state index is -0.843. The number of hydrogen-bond acceptors (Lipinski definition) is 7. The Morgan fingerprint density at radius 1 is 1.15 bits per heavy atom. The Hall–Kier alpha value is -4.75. The van der Waals surface area contributed by atoms with Crippen LogP contribution < -0.4 is 26.0 Å². The van der Waals surface area contributed by atoms with E-state index in [9.17, 15) is 9.59 Å². The zero-order chi connectivity index (χ0) is 28.0. The van der Waals surface area contributed by atoms with Gasteiger partial charge in [-0.3, -0.25) is 14.2 Å². The van der Waals surface area contributed by atoms with Gasteiger partial charge < -0.3 is 20.4 Å². The third kappa shape index (κ3) is 4.44. The van der Waals surface area contributed by atoms with E-state index >= 15 is 4.39 Å². The SMILES string of the molecule is C#Cc1cc2cnc(Nc3ccc(N4CCNC(C)C4)c(F)c3)nc2n(C2Cc3ccccc3N(C)C2=O)c1=O. The number of hydrogen-bond donors (Lipinski definition) is 2. The number of para-hydroxylation sites is 1.